The largest absolute Gasteiger partial charge is 0.352 e. The molecule has 0 saturated heterocycles. The number of carbonyl (C=O) groups excluding carboxylic acids is 1. The molecule has 4 aromatic rings. The summed E-state index contributed by atoms with van der Waals surface area (Å²) in [6.45, 7) is 3.54. The summed E-state index contributed by atoms with van der Waals surface area (Å²) in [7, 11) is 0. The Morgan fingerprint density at radius 3 is 2.55 bits per heavy atom. The van der Waals surface area contributed by atoms with Gasteiger partial charge in [0.2, 0.25) is 0 Å². The van der Waals surface area contributed by atoms with Gasteiger partial charge in [0, 0.05) is 38.6 Å². The van der Waals surface area contributed by atoms with Crippen LogP contribution in [0.4, 0.5) is 4.39 Å². The monoisotopic (exact) mass is 443 g/mol. The zero-order valence-electron chi connectivity index (χ0n) is 18.3. The molecule has 1 aliphatic rings. The number of benzene rings is 2. The third-order valence-corrected chi connectivity index (χ3v) is 6.06. The van der Waals surface area contributed by atoms with Gasteiger partial charge in [-0.15, -0.1) is 0 Å². The second-order valence-corrected chi connectivity index (χ2v) is 8.26. The van der Waals surface area contributed by atoms with Gasteiger partial charge in [-0.3, -0.25) is 9.69 Å². The molecule has 2 aromatic carbocycles. The average Bonchev–Trinajstić information content (AvgIpc) is 3.52. The summed E-state index contributed by atoms with van der Waals surface area (Å²) in [5, 5.41) is 7.46. The highest BCUT2D eigenvalue weighted by Gasteiger charge is 2.20. The molecule has 5 rings (SSSR count). The van der Waals surface area contributed by atoms with Crippen molar-refractivity contribution in [3.8, 4) is 11.5 Å². The van der Waals surface area contributed by atoms with Crippen molar-refractivity contribution in [1.82, 2.24) is 24.6 Å². The molecule has 0 spiro atoms. The van der Waals surface area contributed by atoms with E-state index in [4.69, 9.17) is 0 Å². The number of amides is 1. The van der Waals surface area contributed by atoms with E-state index in [0.29, 0.717) is 23.6 Å². The normalized spacial score (nSPS) is 13.6. The highest BCUT2D eigenvalue weighted by Crippen LogP contribution is 2.21. The van der Waals surface area contributed by atoms with E-state index >= 15 is 0 Å². The minimum absolute atomic E-state index is 0.170. The fraction of sp³-hybridized carbons (Fsp3) is 0.231. The lowest BCUT2D eigenvalue weighted by Crippen LogP contribution is -2.33. The van der Waals surface area contributed by atoms with Gasteiger partial charge >= 0.3 is 0 Å². The number of fused-ring (bicyclic) bond motifs is 1. The molecule has 168 valence electrons. The Morgan fingerprint density at radius 1 is 1.00 bits per heavy atom. The standard InChI is InChI=1S/C26H26FN5O/c27-22-8-10-23(11-9-22)32-26(31-15-3-4-16-31)24(18-29-32)25(33)28-13-5-14-30-17-12-20-6-1-2-7-21(20)19-30/h1-4,6-11,15-16,18H,5,12-14,17,19H2,(H,28,33). The van der Waals surface area contributed by atoms with E-state index in [9.17, 15) is 9.18 Å². The zero-order valence-corrected chi connectivity index (χ0v) is 18.3. The van der Waals surface area contributed by atoms with Crippen molar-refractivity contribution in [2.24, 2.45) is 0 Å². The first-order chi connectivity index (χ1) is 16.2. The second kappa shape index (κ2) is 9.42. The number of aromatic nitrogens is 3. The van der Waals surface area contributed by atoms with Gasteiger partial charge in [-0.2, -0.15) is 5.10 Å². The van der Waals surface area contributed by atoms with E-state index in [0.717, 1.165) is 32.5 Å². The summed E-state index contributed by atoms with van der Waals surface area (Å²) in [6, 6.07) is 18.4. The van der Waals surface area contributed by atoms with Crippen LogP contribution in [0.5, 0.6) is 0 Å². The summed E-state index contributed by atoms with van der Waals surface area (Å²) in [4.78, 5) is 15.5. The molecule has 0 atom stereocenters. The third kappa shape index (κ3) is 4.59. The van der Waals surface area contributed by atoms with Gasteiger partial charge in [0.1, 0.15) is 11.4 Å². The zero-order chi connectivity index (χ0) is 22.6. The van der Waals surface area contributed by atoms with Crippen molar-refractivity contribution >= 4 is 5.91 Å². The third-order valence-electron chi connectivity index (χ3n) is 6.06. The van der Waals surface area contributed by atoms with Gasteiger partial charge in [0.25, 0.3) is 5.91 Å². The Bertz CT molecular complexity index is 1230. The predicted octanol–water partition coefficient (Wildman–Crippen LogP) is 3.98. The quantitative estimate of drug-likeness (QED) is 0.440. The molecule has 7 heteroatoms. The van der Waals surface area contributed by atoms with E-state index < -0.39 is 0 Å². The Hall–Kier alpha value is -3.71. The average molecular weight is 444 g/mol. The minimum Gasteiger partial charge on any atom is -0.352 e. The van der Waals surface area contributed by atoms with Gasteiger partial charge in [0.05, 0.1) is 11.9 Å². The number of rotatable bonds is 7. The number of nitrogens with one attached hydrogen (secondary N) is 1. The Morgan fingerprint density at radius 2 is 1.76 bits per heavy atom. The minimum atomic E-state index is -0.316. The maximum atomic E-state index is 13.4. The maximum Gasteiger partial charge on any atom is 0.256 e. The summed E-state index contributed by atoms with van der Waals surface area (Å²) < 4.78 is 16.9. The van der Waals surface area contributed by atoms with Crippen LogP contribution in [0.3, 0.4) is 0 Å². The van der Waals surface area contributed by atoms with Crippen LogP contribution >= 0.6 is 0 Å². The molecule has 0 aliphatic carbocycles. The van der Waals surface area contributed by atoms with Crippen molar-refractivity contribution in [3.05, 3.63) is 102 Å². The summed E-state index contributed by atoms with van der Waals surface area (Å²) in [6.07, 6.45) is 7.24. The molecule has 33 heavy (non-hydrogen) atoms. The Kier molecular flexibility index (Phi) is 6.04. The fourth-order valence-corrected chi connectivity index (χ4v) is 4.34. The van der Waals surface area contributed by atoms with Crippen LogP contribution < -0.4 is 5.32 Å². The van der Waals surface area contributed by atoms with Crippen LogP contribution in [0.25, 0.3) is 11.5 Å². The number of halogens is 1. The van der Waals surface area contributed by atoms with E-state index in [2.05, 4.69) is 39.6 Å². The lowest BCUT2D eigenvalue weighted by Gasteiger charge is -2.28. The maximum absolute atomic E-state index is 13.4. The van der Waals surface area contributed by atoms with Gasteiger partial charge in [-0.05, 0) is 60.4 Å². The molecule has 0 bridgehead atoms. The Labute approximate surface area is 192 Å². The van der Waals surface area contributed by atoms with Crippen molar-refractivity contribution in [3.63, 3.8) is 0 Å². The molecule has 1 N–H and O–H groups in total. The number of carbonyl (C=O) groups is 1. The summed E-state index contributed by atoms with van der Waals surface area (Å²) in [5.41, 5.74) is 4.00. The molecule has 1 aliphatic heterocycles. The Balaban J connectivity index is 1.24. The van der Waals surface area contributed by atoms with Crippen LogP contribution in [0.2, 0.25) is 0 Å². The van der Waals surface area contributed by atoms with E-state index in [1.807, 2.05) is 29.1 Å². The molecular formula is C26H26FN5O. The highest BCUT2D eigenvalue weighted by atomic mass is 19.1. The molecule has 3 heterocycles. The van der Waals surface area contributed by atoms with Crippen LogP contribution in [0.15, 0.2) is 79.3 Å². The first kappa shape index (κ1) is 21.2. The lowest BCUT2D eigenvalue weighted by molar-refractivity contribution is 0.0951. The molecule has 2 aromatic heterocycles. The topological polar surface area (TPSA) is 55.1 Å². The molecule has 6 nitrogen and oxygen atoms in total. The van der Waals surface area contributed by atoms with Crippen molar-refractivity contribution in [2.45, 2.75) is 19.4 Å². The van der Waals surface area contributed by atoms with Gasteiger partial charge < -0.3 is 9.88 Å². The van der Waals surface area contributed by atoms with Crippen LogP contribution in [0.1, 0.15) is 27.9 Å². The van der Waals surface area contributed by atoms with Crippen molar-refractivity contribution < 1.29 is 9.18 Å². The highest BCUT2D eigenvalue weighted by molar-refractivity contribution is 5.97. The molecule has 0 saturated carbocycles. The predicted molar refractivity (Wildman–Crippen MR) is 125 cm³/mol. The number of nitrogens with zero attached hydrogens (tertiary/aromatic N) is 4. The van der Waals surface area contributed by atoms with Gasteiger partial charge in [0.15, 0.2) is 5.82 Å². The molecular weight excluding hydrogens is 417 g/mol. The summed E-state index contributed by atoms with van der Waals surface area (Å²) >= 11 is 0. The van der Waals surface area contributed by atoms with E-state index in [1.54, 1.807) is 23.0 Å². The number of hydrogen-bond acceptors (Lipinski definition) is 3. The van der Waals surface area contributed by atoms with Crippen molar-refractivity contribution in [1.29, 1.82) is 0 Å². The fourth-order valence-electron chi connectivity index (χ4n) is 4.34. The van der Waals surface area contributed by atoms with E-state index in [1.165, 1.54) is 23.3 Å². The molecule has 0 unspecified atom stereocenters. The lowest BCUT2D eigenvalue weighted by atomic mass is 10.00. The summed E-state index contributed by atoms with van der Waals surface area (Å²) in [5.74, 6) is 0.136. The smallest absolute Gasteiger partial charge is 0.256 e. The molecule has 1 amide bonds. The SMILES string of the molecule is O=C(NCCCN1CCc2ccccc2C1)c1cnn(-c2ccc(F)cc2)c1-n1cccc1. The second-order valence-electron chi connectivity index (χ2n) is 8.26. The first-order valence-electron chi connectivity index (χ1n) is 11.2. The first-order valence-corrected chi connectivity index (χ1v) is 11.2. The van der Waals surface area contributed by atoms with Gasteiger partial charge in [-0.1, -0.05) is 24.3 Å². The molecule has 0 radical (unpaired) electrons. The number of hydrogen-bond donors (Lipinski definition) is 1. The molecule has 0 fully saturated rings. The van der Waals surface area contributed by atoms with E-state index in [-0.39, 0.29) is 11.7 Å². The van der Waals surface area contributed by atoms with Crippen LogP contribution in [0, 0.1) is 5.82 Å². The van der Waals surface area contributed by atoms with Crippen LogP contribution in [-0.2, 0) is 13.0 Å². The van der Waals surface area contributed by atoms with Gasteiger partial charge in [-0.25, -0.2) is 9.07 Å². The van der Waals surface area contributed by atoms with Crippen molar-refractivity contribution in [2.75, 3.05) is 19.6 Å². The van der Waals surface area contributed by atoms with Crippen LogP contribution in [-0.4, -0.2) is 44.8 Å².